The Bertz CT molecular complexity index is 865. The smallest absolute Gasteiger partial charge is 0.160 e. The molecule has 176 valence electrons. The lowest BCUT2D eigenvalue weighted by molar-refractivity contribution is -0.0219. The topological polar surface area (TPSA) is 69.2 Å². The standard InChI is InChI=1S/C26H37NO5/c1-26(2,15-18-10-13-23(30-4)24(14-18)31-5)27-16-20(28)17-32-25(19-11-12-19)21-8-6-7-9-22(21)29-3/h6-10,13-14,19-20,25,27-28H,11-12,15-17H2,1-5H3. The number of aliphatic hydroxyl groups excluding tert-OH is 1. The van der Waals surface area contributed by atoms with Crippen LogP contribution in [-0.2, 0) is 11.2 Å². The summed E-state index contributed by atoms with van der Waals surface area (Å²) in [5.74, 6) is 2.77. The van der Waals surface area contributed by atoms with E-state index in [9.17, 15) is 5.11 Å². The highest BCUT2D eigenvalue weighted by molar-refractivity contribution is 5.43. The molecule has 32 heavy (non-hydrogen) atoms. The Kier molecular flexibility index (Phi) is 8.40. The number of hydrogen-bond donors (Lipinski definition) is 2. The Morgan fingerprint density at radius 3 is 2.31 bits per heavy atom. The third-order valence-corrected chi connectivity index (χ3v) is 5.87. The molecule has 1 saturated carbocycles. The van der Waals surface area contributed by atoms with Gasteiger partial charge in [-0.1, -0.05) is 24.3 Å². The molecular weight excluding hydrogens is 406 g/mol. The first kappa shape index (κ1) is 24.4. The molecule has 6 nitrogen and oxygen atoms in total. The van der Waals surface area contributed by atoms with Gasteiger partial charge >= 0.3 is 0 Å². The molecule has 0 aromatic heterocycles. The first-order chi connectivity index (χ1) is 15.4. The van der Waals surface area contributed by atoms with Gasteiger partial charge in [-0.25, -0.2) is 0 Å². The summed E-state index contributed by atoms with van der Waals surface area (Å²) in [6.07, 6.45) is 2.44. The Balaban J connectivity index is 1.52. The van der Waals surface area contributed by atoms with Crippen molar-refractivity contribution in [2.45, 2.75) is 50.9 Å². The lowest BCUT2D eigenvalue weighted by Crippen LogP contribution is -2.46. The molecule has 6 heteroatoms. The zero-order valence-corrected chi connectivity index (χ0v) is 19.9. The third kappa shape index (κ3) is 6.61. The Hall–Kier alpha value is -2.28. The van der Waals surface area contributed by atoms with Crippen LogP contribution in [0.15, 0.2) is 42.5 Å². The summed E-state index contributed by atoms with van der Waals surface area (Å²) in [7, 11) is 4.96. The number of nitrogens with one attached hydrogen (secondary N) is 1. The maximum Gasteiger partial charge on any atom is 0.160 e. The summed E-state index contributed by atoms with van der Waals surface area (Å²) in [4.78, 5) is 0. The summed E-state index contributed by atoms with van der Waals surface area (Å²) in [5, 5.41) is 14.1. The predicted octanol–water partition coefficient (Wildman–Crippen LogP) is 4.15. The van der Waals surface area contributed by atoms with E-state index < -0.39 is 6.10 Å². The molecule has 2 aromatic rings. The predicted molar refractivity (Wildman–Crippen MR) is 126 cm³/mol. The second-order valence-electron chi connectivity index (χ2n) is 9.12. The molecule has 0 aliphatic heterocycles. The van der Waals surface area contributed by atoms with Gasteiger partial charge in [0.1, 0.15) is 5.75 Å². The number of methoxy groups -OCH3 is 3. The van der Waals surface area contributed by atoms with Crippen molar-refractivity contribution in [3.8, 4) is 17.2 Å². The van der Waals surface area contributed by atoms with Crippen molar-refractivity contribution in [3.05, 3.63) is 53.6 Å². The maximum absolute atomic E-state index is 10.6. The van der Waals surface area contributed by atoms with Gasteiger partial charge in [-0.05, 0) is 62.8 Å². The van der Waals surface area contributed by atoms with Crippen LogP contribution in [0.25, 0.3) is 0 Å². The van der Waals surface area contributed by atoms with E-state index in [4.69, 9.17) is 18.9 Å². The number of β-amino-alcohol motifs (C(OH)–C–C–N with tert-alkyl or cyclic N) is 1. The van der Waals surface area contributed by atoms with Crippen molar-refractivity contribution < 1.29 is 24.1 Å². The van der Waals surface area contributed by atoms with Crippen molar-refractivity contribution in [1.29, 1.82) is 0 Å². The third-order valence-electron chi connectivity index (χ3n) is 5.87. The fraction of sp³-hybridized carbons (Fsp3) is 0.538. The second kappa shape index (κ2) is 11.0. The molecule has 0 bridgehead atoms. The van der Waals surface area contributed by atoms with Gasteiger partial charge in [0.25, 0.3) is 0 Å². The number of benzene rings is 2. The molecule has 3 rings (SSSR count). The number of ether oxygens (including phenoxy) is 4. The quantitative estimate of drug-likeness (QED) is 0.485. The Morgan fingerprint density at radius 1 is 0.969 bits per heavy atom. The molecule has 1 aliphatic carbocycles. The summed E-state index contributed by atoms with van der Waals surface area (Å²) < 4.78 is 22.4. The fourth-order valence-electron chi connectivity index (χ4n) is 4.01. The van der Waals surface area contributed by atoms with Gasteiger partial charge in [0.05, 0.1) is 40.1 Å². The van der Waals surface area contributed by atoms with Gasteiger partial charge in [0.15, 0.2) is 11.5 Å². The highest BCUT2D eigenvalue weighted by atomic mass is 16.5. The minimum atomic E-state index is -0.601. The number of aliphatic hydroxyl groups is 1. The van der Waals surface area contributed by atoms with Gasteiger partial charge in [-0.15, -0.1) is 0 Å². The minimum absolute atomic E-state index is 0.0411. The molecular formula is C26H37NO5. The van der Waals surface area contributed by atoms with Crippen molar-refractivity contribution in [1.82, 2.24) is 5.32 Å². The summed E-state index contributed by atoms with van der Waals surface area (Å²) >= 11 is 0. The normalized spacial score (nSPS) is 15.8. The van der Waals surface area contributed by atoms with Crippen LogP contribution in [0.4, 0.5) is 0 Å². The zero-order chi connectivity index (χ0) is 23.1. The molecule has 2 atom stereocenters. The van der Waals surface area contributed by atoms with E-state index in [0.29, 0.717) is 12.5 Å². The van der Waals surface area contributed by atoms with Crippen LogP contribution in [0.1, 0.15) is 43.9 Å². The first-order valence-electron chi connectivity index (χ1n) is 11.3. The van der Waals surface area contributed by atoms with E-state index in [2.05, 4.69) is 25.2 Å². The van der Waals surface area contributed by atoms with E-state index in [0.717, 1.165) is 47.6 Å². The van der Waals surface area contributed by atoms with Crippen LogP contribution in [0.5, 0.6) is 17.2 Å². The number of para-hydroxylation sites is 1. The minimum Gasteiger partial charge on any atom is -0.496 e. The molecule has 0 heterocycles. The highest BCUT2D eigenvalue weighted by Crippen LogP contribution is 2.45. The summed E-state index contributed by atoms with van der Waals surface area (Å²) in [6.45, 7) is 4.97. The molecule has 1 fully saturated rings. The van der Waals surface area contributed by atoms with Gasteiger partial charge in [-0.2, -0.15) is 0 Å². The molecule has 0 amide bonds. The summed E-state index contributed by atoms with van der Waals surface area (Å²) in [5.41, 5.74) is 1.99. The zero-order valence-electron chi connectivity index (χ0n) is 19.9. The van der Waals surface area contributed by atoms with E-state index in [1.807, 2.05) is 36.4 Å². The van der Waals surface area contributed by atoms with Crippen LogP contribution in [0, 0.1) is 5.92 Å². The van der Waals surface area contributed by atoms with Gasteiger partial charge < -0.3 is 29.4 Å². The van der Waals surface area contributed by atoms with Crippen LogP contribution in [0.2, 0.25) is 0 Å². The molecule has 0 radical (unpaired) electrons. The lowest BCUT2D eigenvalue weighted by Gasteiger charge is -2.29. The van der Waals surface area contributed by atoms with Crippen molar-refractivity contribution in [3.63, 3.8) is 0 Å². The Morgan fingerprint density at radius 2 is 1.66 bits per heavy atom. The maximum atomic E-state index is 10.6. The fourth-order valence-corrected chi connectivity index (χ4v) is 4.01. The molecule has 2 unspecified atom stereocenters. The monoisotopic (exact) mass is 443 g/mol. The van der Waals surface area contributed by atoms with E-state index >= 15 is 0 Å². The average molecular weight is 444 g/mol. The molecule has 2 N–H and O–H groups in total. The second-order valence-corrected chi connectivity index (χ2v) is 9.12. The SMILES string of the molecule is COc1ccc(CC(C)(C)NCC(O)COC(c2ccccc2OC)C2CC2)cc1OC. The van der Waals surface area contributed by atoms with Crippen LogP contribution >= 0.6 is 0 Å². The largest absolute Gasteiger partial charge is 0.496 e. The van der Waals surface area contributed by atoms with Crippen LogP contribution in [-0.4, -0.2) is 51.2 Å². The van der Waals surface area contributed by atoms with Gasteiger partial charge in [0, 0.05) is 17.6 Å². The van der Waals surface area contributed by atoms with E-state index in [1.165, 1.54) is 0 Å². The van der Waals surface area contributed by atoms with Crippen molar-refractivity contribution in [2.24, 2.45) is 5.92 Å². The van der Waals surface area contributed by atoms with E-state index in [-0.39, 0.29) is 18.2 Å². The average Bonchev–Trinajstić information content (AvgIpc) is 3.63. The molecule has 1 aliphatic rings. The van der Waals surface area contributed by atoms with E-state index in [1.54, 1.807) is 21.3 Å². The van der Waals surface area contributed by atoms with Gasteiger partial charge in [0.2, 0.25) is 0 Å². The Labute approximate surface area is 191 Å². The molecule has 0 saturated heterocycles. The van der Waals surface area contributed by atoms with Crippen LogP contribution in [0.3, 0.4) is 0 Å². The lowest BCUT2D eigenvalue weighted by atomic mass is 9.94. The number of hydrogen-bond acceptors (Lipinski definition) is 6. The molecule has 0 spiro atoms. The summed E-state index contributed by atoms with van der Waals surface area (Å²) in [6, 6.07) is 13.9. The highest BCUT2D eigenvalue weighted by Gasteiger charge is 2.35. The molecule has 2 aromatic carbocycles. The first-order valence-corrected chi connectivity index (χ1v) is 11.3. The van der Waals surface area contributed by atoms with Crippen molar-refractivity contribution >= 4 is 0 Å². The van der Waals surface area contributed by atoms with Gasteiger partial charge in [-0.3, -0.25) is 0 Å². The van der Waals surface area contributed by atoms with Crippen molar-refractivity contribution in [2.75, 3.05) is 34.5 Å². The number of rotatable bonds is 13. The van der Waals surface area contributed by atoms with Crippen LogP contribution < -0.4 is 19.5 Å².